The summed E-state index contributed by atoms with van der Waals surface area (Å²) < 4.78 is 37.2. The van der Waals surface area contributed by atoms with Crippen LogP contribution in [0.15, 0.2) is 42.5 Å². The van der Waals surface area contributed by atoms with Gasteiger partial charge in [-0.25, -0.2) is 4.57 Å². The molecular formula is C30H41N2O7P. The lowest BCUT2D eigenvalue weighted by Gasteiger charge is -2.30. The fourth-order valence-electron chi connectivity index (χ4n) is 3.73. The molecule has 0 fully saturated rings. The number of rotatable bonds is 10. The van der Waals surface area contributed by atoms with Crippen molar-refractivity contribution in [3.8, 4) is 5.75 Å². The van der Waals surface area contributed by atoms with Crippen LogP contribution in [0.25, 0.3) is 10.9 Å². The Hall–Kier alpha value is -2.84. The lowest BCUT2D eigenvalue weighted by molar-refractivity contribution is -0.127. The highest BCUT2D eigenvalue weighted by molar-refractivity contribution is 7.48. The summed E-state index contributed by atoms with van der Waals surface area (Å²) in [4.78, 5) is 26.3. The highest BCUT2D eigenvalue weighted by atomic mass is 31.2. The zero-order valence-corrected chi connectivity index (χ0v) is 26.0. The fourth-order valence-corrected chi connectivity index (χ4v) is 5.52. The molecule has 0 aliphatic rings. The van der Waals surface area contributed by atoms with Crippen LogP contribution in [-0.4, -0.2) is 39.7 Å². The number of fused-ring (bicyclic) bond motifs is 1. The van der Waals surface area contributed by atoms with Crippen molar-refractivity contribution in [2.75, 3.05) is 7.11 Å². The van der Waals surface area contributed by atoms with Gasteiger partial charge in [0, 0.05) is 22.4 Å². The zero-order chi connectivity index (χ0) is 30.1. The zero-order valence-electron chi connectivity index (χ0n) is 25.2. The number of ether oxygens (including phenoxy) is 1. The van der Waals surface area contributed by atoms with Gasteiger partial charge in [0.05, 0.1) is 30.4 Å². The van der Waals surface area contributed by atoms with Gasteiger partial charge in [-0.1, -0.05) is 45.0 Å². The number of ketones is 2. The number of hydrogen-bond acceptors (Lipinski definition) is 8. The van der Waals surface area contributed by atoms with Gasteiger partial charge in [0.25, 0.3) is 0 Å². The van der Waals surface area contributed by atoms with Crippen LogP contribution in [-0.2, 0) is 36.1 Å². The van der Waals surface area contributed by atoms with Crippen molar-refractivity contribution in [1.29, 1.82) is 0 Å². The summed E-state index contributed by atoms with van der Waals surface area (Å²) in [5, 5.41) is 5.17. The van der Waals surface area contributed by atoms with E-state index in [4.69, 9.17) is 18.3 Å². The average Bonchev–Trinajstić information content (AvgIpc) is 3.17. The monoisotopic (exact) mass is 574 g/mol. The van der Waals surface area contributed by atoms with Crippen molar-refractivity contribution in [2.24, 2.45) is 5.41 Å². The number of carbonyl (C=O) groups is 2. The minimum absolute atomic E-state index is 0.00811. The SMILES string of the molecule is COc1ccc2c(C(=O)c3ccc([14CH2]OP(=O)(OC(C)(C)C)OC(C)(C)C)cc3)nn(CC(=O)C(C)(C)C)c2c1. The van der Waals surface area contributed by atoms with Crippen LogP contribution >= 0.6 is 7.82 Å². The van der Waals surface area contributed by atoms with Crippen LogP contribution in [0.4, 0.5) is 0 Å². The number of Topliss-reactive ketones (excluding diaryl/α,β-unsaturated/α-hetero) is 1. The number of aromatic nitrogens is 2. The smallest absolute Gasteiger partial charge is 0.476 e. The first kappa shape index (κ1) is 31.7. The molecule has 0 radical (unpaired) electrons. The molecule has 0 bridgehead atoms. The summed E-state index contributed by atoms with van der Waals surface area (Å²) in [6.07, 6.45) is 0. The predicted molar refractivity (Wildman–Crippen MR) is 155 cm³/mol. The minimum atomic E-state index is -3.88. The molecule has 10 heteroatoms. The molecule has 0 N–H and O–H groups in total. The molecule has 1 aromatic heterocycles. The number of nitrogens with zero attached hydrogens (tertiary/aromatic N) is 2. The lowest BCUT2D eigenvalue weighted by atomic mass is 9.91. The Balaban J connectivity index is 1.86. The standard InChI is InChI=1S/C30H41N2O7P/c1-28(2,3)25(33)18-32-24-17-22(36-10)15-16-23(24)26(31-32)27(34)21-13-11-20(12-14-21)19-37-40(35,38-29(4,5)6)39-30(7,8)9/h11-17H,18-19H2,1-10H3/i19+2. The third kappa shape index (κ3) is 8.33. The second-order valence-electron chi connectivity index (χ2n) is 12.7. The van der Waals surface area contributed by atoms with Crippen LogP contribution in [0.2, 0.25) is 0 Å². The second-order valence-corrected chi connectivity index (χ2v) is 14.2. The van der Waals surface area contributed by atoms with Gasteiger partial charge in [-0.2, -0.15) is 5.10 Å². The Morgan fingerprint density at radius 3 is 1.98 bits per heavy atom. The predicted octanol–water partition coefficient (Wildman–Crippen LogP) is 7.15. The van der Waals surface area contributed by atoms with Crippen molar-refractivity contribution in [2.45, 2.75) is 86.7 Å². The van der Waals surface area contributed by atoms with Crippen molar-refractivity contribution >= 4 is 30.3 Å². The van der Waals surface area contributed by atoms with Gasteiger partial charge in [-0.3, -0.25) is 27.8 Å². The highest BCUT2D eigenvalue weighted by Gasteiger charge is 2.37. The molecule has 0 aliphatic heterocycles. The van der Waals surface area contributed by atoms with Crippen molar-refractivity contribution in [3.05, 3.63) is 59.3 Å². The van der Waals surface area contributed by atoms with Gasteiger partial charge in [0.1, 0.15) is 18.0 Å². The van der Waals surface area contributed by atoms with E-state index in [-0.39, 0.29) is 30.4 Å². The normalized spacial score (nSPS) is 13.1. The maximum Gasteiger partial charge on any atom is 0.476 e. The molecule has 1 heterocycles. The van der Waals surface area contributed by atoms with E-state index in [2.05, 4.69) is 5.10 Å². The number of carbonyl (C=O) groups excluding carboxylic acids is 2. The molecule has 218 valence electrons. The number of hydrogen-bond donors (Lipinski definition) is 0. The highest BCUT2D eigenvalue weighted by Crippen LogP contribution is 2.55. The first-order chi connectivity index (χ1) is 18.3. The fraction of sp³-hybridized carbons (Fsp3) is 0.500. The Bertz CT molecular complexity index is 1400. The van der Waals surface area contributed by atoms with Gasteiger partial charge in [-0.05, 0) is 59.2 Å². The van der Waals surface area contributed by atoms with Gasteiger partial charge < -0.3 is 4.74 Å². The molecule has 2 aromatic carbocycles. The molecule has 0 aliphatic carbocycles. The summed E-state index contributed by atoms with van der Waals surface area (Å²) in [5.41, 5.74) is -0.0751. The Kier molecular flexibility index (Phi) is 9.16. The van der Waals surface area contributed by atoms with Gasteiger partial charge in [0.15, 0.2) is 5.78 Å². The van der Waals surface area contributed by atoms with E-state index in [0.717, 1.165) is 0 Å². The average molecular weight is 575 g/mol. The van der Waals surface area contributed by atoms with E-state index >= 15 is 0 Å². The minimum Gasteiger partial charge on any atom is -0.497 e. The van der Waals surface area contributed by atoms with Gasteiger partial charge >= 0.3 is 7.82 Å². The molecule has 40 heavy (non-hydrogen) atoms. The number of methoxy groups -OCH3 is 1. The summed E-state index contributed by atoms with van der Waals surface area (Å²) in [6, 6.07) is 12.1. The molecular weight excluding hydrogens is 533 g/mol. The van der Waals surface area contributed by atoms with Crippen molar-refractivity contribution in [1.82, 2.24) is 9.78 Å². The molecule has 0 unspecified atom stereocenters. The molecule has 3 aromatic rings. The Labute approximate surface area is 236 Å². The van der Waals surface area contributed by atoms with Crippen LogP contribution in [0, 0.1) is 5.41 Å². The topological polar surface area (TPSA) is 106 Å². The van der Waals surface area contributed by atoms with Crippen LogP contribution in [0.1, 0.15) is 83.9 Å². The molecule has 0 amide bonds. The second kappa shape index (κ2) is 11.6. The number of phosphoric ester groups is 1. The first-order valence-corrected chi connectivity index (χ1v) is 14.6. The van der Waals surface area contributed by atoms with E-state index in [0.29, 0.717) is 27.8 Å². The van der Waals surface area contributed by atoms with E-state index in [1.807, 2.05) is 20.8 Å². The quantitative estimate of drug-likeness (QED) is 0.186. The summed E-state index contributed by atoms with van der Waals surface area (Å²) >= 11 is 0. The summed E-state index contributed by atoms with van der Waals surface area (Å²) in [6.45, 7) is 16.2. The molecule has 3 rings (SSSR count). The van der Waals surface area contributed by atoms with E-state index in [9.17, 15) is 14.2 Å². The Morgan fingerprint density at radius 2 is 1.48 bits per heavy atom. The first-order valence-electron chi connectivity index (χ1n) is 13.2. The number of phosphoric acid groups is 1. The van der Waals surface area contributed by atoms with Crippen LogP contribution < -0.4 is 4.74 Å². The molecule has 0 spiro atoms. The van der Waals surface area contributed by atoms with E-state index < -0.39 is 24.4 Å². The third-order valence-electron chi connectivity index (χ3n) is 5.68. The van der Waals surface area contributed by atoms with E-state index in [1.54, 1.807) is 95.8 Å². The Morgan fingerprint density at radius 1 is 0.900 bits per heavy atom. The number of benzene rings is 2. The molecule has 9 nitrogen and oxygen atoms in total. The molecule has 0 atom stereocenters. The third-order valence-corrected chi connectivity index (χ3v) is 7.67. The van der Waals surface area contributed by atoms with Crippen molar-refractivity contribution in [3.63, 3.8) is 0 Å². The lowest BCUT2D eigenvalue weighted by Crippen LogP contribution is -2.25. The van der Waals surface area contributed by atoms with Gasteiger partial charge in [0.2, 0.25) is 5.78 Å². The summed E-state index contributed by atoms with van der Waals surface area (Å²) in [7, 11) is -2.32. The largest absolute Gasteiger partial charge is 0.497 e. The van der Waals surface area contributed by atoms with E-state index in [1.165, 1.54) is 0 Å². The summed E-state index contributed by atoms with van der Waals surface area (Å²) in [5.74, 6) is 0.303. The maximum absolute atomic E-state index is 13.5. The molecule has 0 saturated carbocycles. The molecule has 0 saturated heterocycles. The van der Waals surface area contributed by atoms with Crippen LogP contribution in [0.5, 0.6) is 5.75 Å². The maximum atomic E-state index is 13.5. The van der Waals surface area contributed by atoms with Crippen LogP contribution in [0.3, 0.4) is 0 Å². The van der Waals surface area contributed by atoms with Gasteiger partial charge in [-0.15, -0.1) is 0 Å². The van der Waals surface area contributed by atoms with Crippen molar-refractivity contribution < 1.29 is 32.5 Å².